The normalized spacial score (nSPS) is 23.5. The second-order valence-electron chi connectivity index (χ2n) is 7.61. The predicted octanol–water partition coefficient (Wildman–Crippen LogP) is 0.322. The summed E-state index contributed by atoms with van der Waals surface area (Å²) in [7, 11) is 1.27. The number of carbonyl (C=O) groups is 5. The molecule has 2 amide bonds. The quantitative estimate of drug-likeness (QED) is 0.304. The molecule has 192 valence electrons. The molecule has 5 atom stereocenters. The molecular weight excluding hydrogens is 464 g/mol. The highest BCUT2D eigenvalue weighted by Gasteiger charge is 2.51. The summed E-state index contributed by atoms with van der Waals surface area (Å²) in [6.45, 7) is 5.01. The largest absolute Gasteiger partial charge is 0.463 e. The van der Waals surface area contributed by atoms with Crippen molar-refractivity contribution in [2.45, 2.75) is 58.3 Å². The third-order valence-electron chi connectivity index (χ3n) is 5.05. The molecule has 1 N–H and O–H groups in total. The number of methoxy groups -OCH3 is 1. The van der Waals surface area contributed by atoms with E-state index in [9.17, 15) is 24.0 Å². The number of amides is 2. The van der Waals surface area contributed by atoms with Gasteiger partial charge in [0.1, 0.15) is 18.8 Å². The lowest BCUT2D eigenvalue weighted by Crippen LogP contribution is -2.67. The minimum absolute atomic E-state index is 0.207. The third-order valence-corrected chi connectivity index (χ3v) is 5.05. The van der Waals surface area contributed by atoms with Gasteiger partial charge in [0.15, 0.2) is 18.5 Å². The summed E-state index contributed by atoms with van der Waals surface area (Å²) in [6.07, 6.45) is -4.93. The average Bonchev–Trinajstić information content (AvgIpc) is 2.80. The molecule has 1 aromatic carbocycles. The van der Waals surface area contributed by atoms with Crippen LogP contribution in [0.25, 0.3) is 0 Å². The summed E-state index contributed by atoms with van der Waals surface area (Å²) >= 11 is 0. The van der Waals surface area contributed by atoms with E-state index in [0.717, 1.165) is 13.8 Å². The number of likely N-dealkylation sites (N-methyl/N-ethyl adjacent to an activating group) is 1. The Morgan fingerprint density at radius 2 is 1.54 bits per heavy atom. The first-order valence-corrected chi connectivity index (χ1v) is 10.9. The first-order chi connectivity index (χ1) is 16.6. The monoisotopic (exact) mass is 494 g/mol. The fourth-order valence-electron chi connectivity index (χ4n) is 3.64. The molecule has 0 spiro atoms. The minimum Gasteiger partial charge on any atom is -0.463 e. The molecule has 1 fully saturated rings. The summed E-state index contributed by atoms with van der Waals surface area (Å²) in [5.41, 5.74) is 0.508. The number of rotatable bonds is 8. The number of benzene rings is 1. The Bertz CT molecular complexity index is 922. The number of hydrogen-bond acceptors (Lipinski definition) is 10. The topological polar surface area (TPSA) is 147 Å². The number of nitrogens with zero attached hydrogens (tertiary/aromatic N) is 1. The summed E-state index contributed by atoms with van der Waals surface area (Å²) in [4.78, 5) is 62.2. The number of esters is 3. The lowest BCUT2D eigenvalue weighted by atomic mass is 9.96. The Balaban J connectivity index is 2.36. The van der Waals surface area contributed by atoms with Crippen molar-refractivity contribution in [1.29, 1.82) is 0 Å². The Morgan fingerprint density at radius 1 is 0.943 bits per heavy atom. The van der Waals surface area contributed by atoms with Gasteiger partial charge < -0.3 is 33.9 Å². The van der Waals surface area contributed by atoms with Crippen molar-refractivity contribution in [1.82, 2.24) is 5.32 Å². The Labute approximate surface area is 202 Å². The highest BCUT2D eigenvalue weighted by molar-refractivity contribution is 6.40. The Morgan fingerprint density at radius 3 is 2.06 bits per heavy atom. The molecule has 1 saturated heterocycles. The molecule has 35 heavy (non-hydrogen) atoms. The fraction of sp³-hybridized carbons (Fsp3) is 0.522. The fourth-order valence-corrected chi connectivity index (χ4v) is 3.64. The molecule has 0 aliphatic carbocycles. The Kier molecular flexibility index (Phi) is 10.2. The first kappa shape index (κ1) is 27.7. The van der Waals surface area contributed by atoms with Crippen molar-refractivity contribution < 1.29 is 47.7 Å². The molecule has 2 rings (SSSR count). The zero-order valence-electron chi connectivity index (χ0n) is 20.2. The molecule has 0 radical (unpaired) electrons. The third kappa shape index (κ3) is 7.49. The Hall–Kier alpha value is -3.51. The van der Waals surface area contributed by atoms with Gasteiger partial charge in [-0.1, -0.05) is 18.2 Å². The highest BCUT2D eigenvalue weighted by Crippen LogP contribution is 2.27. The first-order valence-electron chi connectivity index (χ1n) is 10.9. The molecule has 12 nitrogen and oxygen atoms in total. The van der Waals surface area contributed by atoms with E-state index >= 15 is 0 Å². The summed E-state index contributed by atoms with van der Waals surface area (Å²) in [5.74, 6) is -4.00. The van der Waals surface area contributed by atoms with Crippen LogP contribution in [0.1, 0.15) is 27.7 Å². The maximum absolute atomic E-state index is 13.0. The average molecular weight is 494 g/mol. The maximum Gasteiger partial charge on any atom is 0.316 e. The second kappa shape index (κ2) is 12.8. The van der Waals surface area contributed by atoms with Gasteiger partial charge in [-0.15, -0.1) is 0 Å². The molecule has 1 heterocycles. The van der Waals surface area contributed by atoms with Gasteiger partial charge in [-0.05, 0) is 19.1 Å². The number of carbonyl (C=O) groups excluding carboxylic acids is 5. The molecular formula is C23H30N2O10. The zero-order chi connectivity index (χ0) is 26.1. The molecule has 0 bridgehead atoms. The van der Waals surface area contributed by atoms with E-state index in [1.165, 1.54) is 18.9 Å². The van der Waals surface area contributed by atoms with Crippen molar-refractivity contribution in [2.24, 2.45) is 0 Å². The molecule has 0 aromatic heterocycles. The lowest BCUT2D eigenvalue weighted by Gasteiger charge is -2.44. The van der Waals surface area contributed by atoms with E-state index in [1.807, 2.05) is 0 Å². The van der Waals surface area contributed by atoms with E-state index in [0.29, 0.717) is 5.69 Å². The van der Waals surface area contributed by atoms with Crippen molar-refractivity contribution in [3.8, 4) is 0 Å². The zero-order valence-corrected chi connectivity index (χ0v) is 20.2. The molecule has 0 unspecified atom stereocenters. The van der Waals surface area contributed by atoms with Crippen LogP contribution in [0.4, 0.5) is 5.69 Å². The van der Waals surface area contributed by atoms with Gasteiger partial charge in [0, 0.05) is 40.1 Å². The van der Waals surface area contributed by atoms with Crippen molar-refractivity contribution in [3.63, 3.8) is 0 Å². The maximum atomic E-state index is 13.0. The summed E-state index contributed by atoms with van der Waals surface area (Å²) in [6, 6.07) is 7.33. The summed E-state index contributed by atoms with van der Waals surface area (Å²) in [5, 5.41) is 2.49. The van der Waals surface area contributed by atoms with Crippen LogP contribution >= 0.6 is 0 Å². The van der Waals surface area contributed by atoms with Crippen LogP contribution in [0.2, 0.25) is 0 Å². The number of nitrogens with one attached hydrogen (secondary N) is 1. The van der Waals surface area contributed by atoms with E-state index in [2.05, 4.69) is 5.32 Å². The standard InChI is InChI=1S/C23H30N2O10/c1-6-25(16-10-8-7-9-11-16)22(30)21(29)24-18-20(34-15(4)28)19(33-14(3)27)17(12-32-13(2)26)35-23(18)31-5/h7-11,17-20,23H,6,12H2,1-5H3,(H,24,29)/t17-,18-,19-,20-,23-/m1/s1. The minimum atomic E-state index is -1.32. The van der Waals surface area contributed by atoms with Gasteiger partial charge in [-0.2, -0.15) is 0 Å². The summed E-state index contributed by atoms with van der Waals surface area (Å²) < 4.78 is 26.8. The van der Waals surface area contributed by atoms with E-state index in [4.69, 9.17) is 23.7 Å². The van der Waals surface area contributed by atoms with Crippen LogP contribution in [0.3, 0.4) is 0 Å². The number of para-hydroxylation sites is 1. The van der Waals surface area contributed by atoms with Gasteiger partial charge in [0.2, 0.25) is 0 Å². The van der Waals surface area contributed by atoms with Crippen LogP contribution in [-0.2, 0) is 47.7 Å². The number of hydrogen-bond donors (Lipinski definition) is 1. The molecule has 1 aliphatic heterocycles. The predicted molar refractivity (Wildman–Crippen MR) is 120 cm³/mol. The van der Waals surface area contributed by atoms with Crippen molar-refractivity contribution in [2.75, 3.05) is 25.2 Å². The highest BCUT2D eigenvalue weighted by atomic mass is 16.7. The van der Waals surface area contributed by atoms with E-state index in [-0.39, 0.29) is 13.2 Å². The lowest BCUT2D eigenvalue weighted by molar-refractivity contribution is -0.271. The van der Waals surface area contributed by atoms with E-state index in [1.54, 1.807) is 37.3 Å². The van der Waals surface area contributed by atoms with Crippen LogP contribution in [0, 0.1) is 0 Å². The van der Waals surface area contributed by atoms with Gasteiger partial charge in [0.25, 0.3) is 0 Å². The smallest absolute Gasteiger partial charge is 0.316 e. The SMILES string of the molecule is CCN(C(=O)C(=O)N[C@H]1[C@H](OC)O[C@H](COC(C)=O)[C@@H](OC(C)=O)[C@@H]1OC(C)=O)c1ccccc1. The van der Waals surface area contributed by atoms with Crippen LogP contribution in [0.5, 0.6) is 0 Å². The molecule has 1 aromatic rings. The van der Waals surface area contributed by atoms with Crippen LogP contribution in [0.15, 0.2) is 30.3 Å². The van der Waals surface area contributed by atoms with Gasteiger partial charge in [-0.3, -0.25) is 24.0 Å². The number of ether oxygens (including phenoxy) is 5. The van der Waals surface area contributed by atoms with Crippen LogP contribution in [-0.4, -0.2) is 80.6 Å². The van der Waals surface area contributed by atoms with Gasteiger partial charge >= 0.3 is 29.7 Å². The number of anilines is 1. The van der Waals surface area contributed by atoms with Crippen molar-refractivity contribution in [3.05, 3.63) is 30.3 Å². The molecule has 12 heteroatoms. The van der Waals surface area contributed by atoms with Crippen LogP contribution < -0.4 is 10.2 Å². The van der Waals surface area contributed by atoms with Crippen molar-refractivity contribution >= 4 is 35.4 Å². The molecule has 1 aliphatic rings. The second-order valence-corrected chi connectivity index (χ2v) is 7.61. The van der Waals surface area contributed by atoms with E-state index < -0.39 is 60.4 Å². The van der Waals surface area contributed by atoms with Gasteiger partial charge in [-0.25, -0.2) is 0 Å². The van der Waals surface area contributed by atoms with Gasteiger partial charge in [0.05, 0.1) is 0 Å². The molecule has 0 saturated carbocycles.